The fourth-order valence-electron chi connectivity index (χ4n) is 7.07. The summed E-state index contributed by atoms with van der Waals surface area (Å²) >= 11 is 0. The molecule has 0 heterocycles. The molecule has 0 aliphatic rings. The first-order valence-electron chi connectivity index (χ1n) is 24.8. The summed E-state index contributed by atoms with van der Waals surface area (Å²) in [6, 6.07) is 0. The van der Waals surface area contributed by atoms with E-state index < -0.39 is 6.10 Å². The van der Waals surface area contributed by atoms with Gasteiger partial charge in [-0.15, -0.1) is 0 Å². The van der Waals surface area contributed by atoms with Crippen LogP contribution in [-0.2, 0) is 19.1 Å². The highest BCUT2D eigenvalue weighted by Crippen LogP contribution is 2.15. The Bertz CT molecular complexity index is 1010. The van der Waals surface area contributed by atoms with Crippen LogP contribution in [0.5, 0.6) is 0 Å². The van der Waals surface area contributed by atoms with E-state index in [9.17, 15) is 14.7 Å². The van der Waals surface area contributed by atoms with Gasteiger partial charge in [-0.2, -0.15) is 0 Å². The fraction of sp³-hybridized carbons (Fsp3) is 0.774. The predicted octanol–water partition coefficient (Wildman–Crippen LogP) is 16.3. The van der Waals surface area contributed by atoms with E-state index in [4.69, 9.17) is 9.47 Å². The molecule has 1 atom stereocenters. The molecule has 0 aliphatic heterocycles. The number of aliphatic hydroxyl groups is 1. The maximum Gasteiger partial charge on any atom is 0.306 e. The summed E-state index contributed by atoms with van der Waals surface area (Å²) < 4.78 is 10.7. The number of hydrogen-bond donors (Lipinski definition) is 1. The zero-order valence-corrected chi connectivity index (χ0v) is 38.3. The predicted molar refractivity (Wildman–Crippen MR) is 251 cm³/mol. The first-order valence-corrected chi connectivity index (χ1v) is 24.8. The van der Waals surface area contributed by atoms with E-state index in [1.54, 1.807) is 0 Å². The van der Waals surface area contributed by atoms with Gasteiger partial charge < -0.3 is 14.6 Å². The number of aliphatic hydroxyl groups excluding tert-OH is 1. The zero-order chi connectivity index (χ0) is 42.1. The molecular formula is C53H94O5. The Morgan fingerprint density at radius 3 is 1.12 bits per heavy atom. The molecule has 0 aliphatic carbocycles. The molecule has 5 nitrogen and oxygen atoms in total. The van der Waals surface area contributed by atoms with E-state index in [0.29, 0.717) is 12.8 Å². The Hall–Kier alpha value is -2.40. The fourth-order valence-corrected chi connectivity index (χ4v) is 7.07. The van der Waals surface area contributed by atoms with Gasteiger partial charge >= 0.3 is 11.9 Å². The van der Waals surface area contributed by atoms with Gasteiger partial charge in [0.2, 0.25) is 0 Å². The van der Waals surface area contributed by atoms with Crippen molar-refractivity contribution >= 4 is 11.9 Å². The molecule has 0 bridgehead atoms. The third-order valence-electron chi connectivity index (χ3n) is 10.8. The topological polar surface area (TPSA) is 72.8 Å². The van der Waals surface area contributed by atoms with Gasteiger partial charge in [0.25, 0.3) is 0 Å². The van der Waals surface area contributed by atoms with Crippen molar-refractivity contribution in [2.45, 2.75) is 251 Å². The van der Waals surface area contributed by atoms with Crippen LogP contribution in [0.15, 0.2) is 60.8 Å². The van der Waals surface area contributed by atoms with Crippen molar-refractivity contribution in [2.24, 2.45) is 0 Å². The smallest absolute Gasteiger partial charge is 0.306 e. The molecule has 58 heavy (non-hydrogen) atoms. The minimum atomic E-state index is -0.778. The van der Waals surface area contributed by atoms with Crippen LogP contribution in [0.25, 0.3) is 0 Å². The highest BCUT2D eigenvalue weighted by atomic mass is 16.6. The normalized spacial score (nSPS) is 12.7. The zero-order valence-electron chi connectivity index (χ0n) is 38.3. The van der Waals surface area contributed by atoms with E-state index in [1.165, 1.54) is 148 Å². The average Bonchev–Trinajstić information content (AvgIpc) is 3.23. The third kappa shape index (κ3) is 46.3. The summed E-state index contributed by atoms with van der Waals surface area (Å²) in [7, 11) is 0. The quantitative estimate of drug-likeness (QED) is 0.0377. The van der Waals surface area contributed by atoms with E-state index >= 15 is 0 Å². The van der Waals surface area contributed by atoms with Crippen molar-refractivity contribution < 1.29 is 24.2 Å². The van der Waals surface area contributed by atoms with Crippen molar-refractivity contribution in [3.63, 3.8) is 0 Å². The summed E-state index contributed by atoms with van der Waals surface area (Å²) in [6.45, 7) is 4.03. The Morgan fingerprint density at radius 1 is 0.414 bits per heavy atom. The first-order chi connectivity index (χ1) is 28.6. The van der Waals surface area contributed by atoms with Crippen molar-refractivity contribution in [2.75, 3.05) is 13.2 Å². The minimum Gasteiger partial charge on any atom is -0.462 e. The van der Waals surface area contributed by atoms with E-state index in [-0.39, 0.29) is 25.2 Å². The van der Waals surface area contributed by atoms with Crippen LogP contribution in [0.3, 0.4) is 0 Å². The van der Waals surface area contributed by atoms with Crippen LogP contribution < -0.4 is 0 Å². The van der Waals surface area contributed by atoms with Crippen LogP contribution in [0.4, 0.5) is 0 Å². The number of rotatable bonds is 45. The third-order valence-corrected chi connectivity index (χ3v) is 10.8. The average molecular weight is 811 g/mol. The van der Waals surface area contributed by atoms with Crippen LogP contribution in [0, 0.1) is 0 Å². The molecule has 0 fully saturated rings. The summed E-state index contributed by atoms with van der Waals surface area (Å²) in [4.78, 5) is 24.4. The van der Waals surface area contributed by atoms with Gasteiger partial charge in [-0.3, -0.25) is 9.59 Å². The van der Waals surface area contributed by atoms with Gasteiger partial charge in [0.15, 0.2) is 6.10 Å². The highest BCUT2D eigenvalue weighted by Gasteiger charge is 2.16. The molecule has 0 aromatic carbocycles. The molecule has 1 unspecified atom stereocenters. The summed E-state index contributed by atoms with van der Waals surface area (Å²) in [6.07, 6.45) is 64.6. The lowest BCUT2D eigenvalue weighted by Gasteiger charge is -2.15. The maximum absolute atomic E-state index is 12.2. The number of ether oxygens (including phenoxy) is 2. The number of unbranched alkanes of at least 4 members (excludes halogenated alkanes) is 27. The van der Waals surface area contributed by atoms with Gasteiger partial charge in [0.1, 0.15) is 6.61 Å². The molecule has 336 valence electrons. The number of hydrogen-bond acceptors (Lipinski definition) is 5. The second kappa shape index (κ2) is 49.0. The Morgan fingerprint density at radius 2 is 0.741 bits per heavy atom. The van der Waals surface area contributed by atoms with E-state index in [2.05, 4.69) is 74.6 Å². The first kappa shape index (κ1) is 55.6. The molecule has 0 radical (unpaired) electrons. The standard InChI is InChI=1S/C53H94O5/c1-3-5-7-9-11-13-15-17-19-21-22-23-24-25-26-27-28-29-30-32-33-35-37-39-41-43-45-47-52(55)57-50-51(49-54)58-53(56)48-46-44-42-40-38-36-34-31-20-18-16-14-12-10-8-6-4-2/h6,8,12,14-15,17-18,20-22,51,54H,3-5,7,9-11,13,16,19,23-50H2,1-2H3/b8-6-,14-12-,17-15-,20-18-,22-21-. The van der Waals surface area contributed by atoms with Crippen LogP contribution >= 0.6 is 0 Å². The SMILES string of the molecule is CC/C=C\C/C=C\C/C=C\CCCCCCCCCC(=O)OC(CO)COC(=O)CCCCCCCCCCCCCCCCC/C=C\C/C=C\CCCCCCC. The Balaban J connectivity index is 3.49. The van der Waals surface area contributed by atoms with Crippen molar-refractivity contribution in [3.8, 4) is 0 Å². The number of esters is 2. The minimum absolute atomic E-state index is 0.0702. The van der Waals surface area contributed by atoms with E-state index in [1.807, 2.05) is 0 Å². The number of allylic oxidation sites excluding steroid dienone is 10. The van der Waals surface area contributed by atoms with Crippen molar-refractivity contribution in [1.82, 2.24) is 0 Å². The Kier molecular flexibility index (Phi) is 46.9. The highest BCUT2D eigenvalue weighted by molar-refractivity contribution is 5.70. The largest absolute Gasteiger partial charge is 0.462 e. The Labute approximate surface area is 360 Å². The summed E-state index contributed by atoms with van der Waals surface area (Å²) in [5, 5.41) is 9.61. The molecular weight excluding hydrogens is 717 g/mol. The molecule has 5 heteroatoms. The molecule has 0 spiro atoms. The van der Waals surface area contributed by atoms with Crippen LogP contribution in [0.1, 0.15) is 245 Å². The van der Waals surface area contributed by atoms with E-state index in [0.717, 1.165) is 70.6 Å². The second-order valence-corrected chi connectivity index (χ2v) is 16.5. The molecule has 0 aromatic heterocycles. The molecule has 1 N–H and O–H groups in total. The lowest BCUT2D eigenvalue weighted by atomic mass is 10.0. The molecule has 0 saturated heterocycles. The molecule has 0 rings (SSSR count). The van der Waals surface area contributed by atoms with Gasteiger partial charge in [-0.1, -0.05) is 216 Å². The lowest BCUT2D eigenvalue weighted by molar-refractivity contribution is -0.161. The van der Waals surface area contributed by atoms with Crippen molar-refractivity contribution in [3.05, 3.63) is 60.8 Å². The van der Waals surface area contributed by atoms with Gasteiger partial charge in [0, 0.05) is 12.8 Å². The lowest BCUT2D eigenvalue weighted by Crippen LogP contribution is -2.28. The molecule has 0 saturated carbocycles. The van der Waals surface area contributed by atoms with Crippen LogP contribution in [-0.4, -0.2) is 36.4 Å². The van der Waals surface area contributed by atoms with Crippen molar-refractivity contribution in [1.29, 1.82) is 0 Å². The molecule has 0 amide bonds. The summed E-state index contributed by atoms with van der Waals surface area (Å²) in [5.41, 5.74) is 0. The monoisotopic (exact) mass is 811 g/mol. The van der Waals surface area contributed by atoms with Crippen LogP contribution in [0.2, 0.25) is 0 Å². The maximum atomic E-state index is 12.2. The van der Waals surface area contributed by atoms with Gasteiger partial charge in [0.05, 0.1) is 6.61 Å². The summed E-state index contributed by atoms with van der Waals surface area (Å²) in [5.74, 6) is -0.597. The number of carbonyl (C=O) groups is 2. The van der Waals surface area contributed by atoms with Gasteiger partial charge in [-0.25, -0.2) is 0 Å². The van der Waals surface area contributed by atoms with Gasteiger partial charge in [-0.05, 0) is 77.0 Å². The molecule has 0 aromatic rings. The number of carbonyl (C=O) groups excluding carboxylic acids is 2. The second-order valence-electron chi connectivity index (χ2n) is 16.5.